The minimum Gasteiger partial charge on any atom is -0.282 e. The Morgan fingerprint density at radius 1 is 1.11 bits per heavy atom. The van der Waals surface area contributed by atoms with E-state index in [9.17, 15) is 28.6 Å². The van der Waals surface area contributed by atoms with Crippen LogP contribution in [0.2, 0.25) is 0 Å². The molecule has 0 atom stereocenters. The number of nitro groups is 2. The molecule has 10 heteroatoms. The maximum Gasteiger partial charge on any atom is 0.294 e. The molecule has 1 aromatic rings. The molecule has 0 bridgehead atoms. The van der Waals surface area contributed by atoms with Gasteiger partial charge in [-0.2, -0.15) is 8.42 Å². The molecule has 0 spiro atoms. The fraction of sp³-hybridized carbons (Fsp3) is 0.333. The summed E-state index contributed by atoms with van der Waals surface area (Å²) in [4.78, 5) is 19.0. The fourth-order valence-corrected chi connectivity index (χ4v) is 2.15. The molecule has 0 aliphatic heterocycles. The Balaban J connectivity index is 3.46. The van der Waals surface area contributed by atoms with E-state index in [-0.39, 0.29) is 16.7 Å². The first-order valence-corrected chi connectivity index (χ1v) is 6.38. The van der Waals surface area contributed by atoms with Crippen LogP contribution in [0.15, 0.2) is 17.0 Å². The fourth-order valence-electron chi connectivity index (χ4n) is 1.56. The van der Waals surface area contributed by atoms with Crippen LogP contribution in [-0.2, 0) is 23.2 Å². The van der Waals surface area contributed by atoms with Gasteiger partial charge in [0.1, 0.15) is 0 Å². The highest BCUT2D eigenvalue weighted by Gasteiger charge is 2.19. The van der Waals surface area contributed by atoms with Crippen LogP contribution in [-0.4, -0.2) is 22.8 Å². The van der Waals surface area contributed by atoms with E-state index in [2.05, 4.69) is 0 Å². The Morgan fingerprint density at radius 3 is 1.74 bits per heavy atom. The Hall–Kier alpha value is -2.07. The first-order valence-electron chi connectivity index (χ1n) is 4.94. The predicted molar refractivity (Wildman–Crippen MR) is 62.4 cm³/mol. The van der Waals surface area contributed by atoms with Gasteiger partial charge in [0.25, 0.3) is 10.1 Å². The molecule has 1 rings (SSSR count). The highest BCUT2D eigenvalue weighted by molar-refractivity contribution is 7.85. The largest absolute Gasteiger partial charge is 0.294 e. The molecule has 1 N–H and O–H groups in total. The molecule has 104 valence electrons. The number of hydrogen-bond donors (Lipinski definition) is 1. The van der Waals surface area contributed by atoms with Crippen LogP contribution in [0.3, 0.4) is 0 Å². The summed E-state index contributed by atoms with van der Waals surface area (Å²) in [6, 6.07) is 1.88. The molecular formula is C9H10N2O7S. The Labute approximate surface area is 107 Å². The van der Waals surface area contributed by atoms with Crippen LogP contribution < -0.4 is 0 Å². The molecule has 0 aliphatic rings. The Bertz CT molecular complexity index is 601. The third-order valence-electron chi connectivity index (χ3n) is 2.49. The normalized spacial score (nSPS) is 11.3. The van der Waals surface area contributed by atoms with Gasteiger partial charge in [0, 0.05) is 21.0 Å². The summed E-state index contributed by atoms with van der Waals surface area (Å²) in [5.41, 5.74) is 0.287. The topological polar surface area (TPSA) is 141 Å². The van der Waals surface area contributed by atoms with E-state index in [1.165, 1.54) is 6.92 Å². The summed E-state index contributed by atoms with van der Waals surface area (Å²) in [7, 11) is -4.58. The number of hydrogen-bond acceptors (Lipinski definition) is 6. The first-order chi connectivity index (χ1) is 8.61. The summed E-state index contributed by atoms with van der Waals surface area (Å²) in [5, 5.41) is 21.0. The predicted octanol–water partition coefficient (Wildman–Crippen LogP) is 0.795. The van der Waals surface area contributed by atoms with Crippen molar-refractivity contribution in [2.75, 3.05) is 0 Å². The third kappa shape index (κ3) is 3.96. The van der Waals surface area contributed by atoms with Gasteiger partial charge in [-0.15, -0.1) is 0 Å². The van der Waals surface area contributed by atoms with E-state index < -0.39 is 37.9 Å². The molecule has 1 aromatic carbocycles. The van der Waals surface area contributed by atoms with Gasteiger partial charge in [0.15, 0.2) is 0 Å². The minimum atomic E-state index is -4.58. The molecule has 0 unspecified atom stereocenters. The van der Waals surface area contributed by atoms with Crippen LogP contribution in [0.4, 0.5) is 0 Å². The highest BCUT2D eigenvalue weighted by Crippen LogP contribution is 2.21. The average Bonchev–Trinajstić information content (AvgIpc) is 2.20. The van der Waals surface area contributed by atoms with E-state index in [4.69, 9.17) is 4.55 Å². The molecule has 0 saturated carbocycles. The second-order valence-corrected chi connectivity index (χ2v) is 5.24. The number of rotatable bonds is 5. The SMILES string of the molecule is Cc1c(C[N+](=O)[O-])cc(S(=O)(=O)O)cc1C[N+](=O)[O-]. The minimum absolute atomic E-state index is 0.0111. The van der Waals surface area contributed by atoms with Gasteiger partial charge < -0.3 is 0 Å². The van der Waals surface area contributed by atoms with Crippen LogP contribution in [0.25, 0.3) is 0 Å². The molecular weight excluding hydrogens is 280 g/mol. The molecule has 19 heavy (non-hydrogen) atoms. The highest BCUT2D eigenvalue weighted by atomic mass is 32.2. The maximum absolute atomic E-state index is 11.0. The molecule has 0 aromatic heterocycles. The second kappa shape index (κ2) is 5.28. The standard InChI is InChI=1S/C9H10N2O7S/c1-6-7(4-10(12)13)2-9(19(16,17)18)3-8(6)5-11(14)15/h2-3H,4-5H2,1H3,(H,16,17,18). The molecule has 0 saturated heterocycles. The zero-order valence-corrected chi connectivity index (χ0v) is 10.6. The van der Waals surface area contributed by atoms with Crippen LogP contribution in [0.1, 0.15) is 16.7 Å². The van der Waals surface area contributed by atoms with E-state index in [0.29, 0.717) is 0 Å². The lowest BCUT2D eigenvalue weighted by Gasteiger charge is -2.08. The Morgan fingerprint density at radius 2 is 1.47 bits per heavy atom. The zero-order valence-electron chi connectivity index (χ0n) is 9.77. The van der Waals surface area contributed by atoms with Crippen molar-refractivity contribution < 1.29 is 22.8 Å². The number of benzene rings is 1. The molecule has 0 radical (unpaired) electrons. The summed E-state index contributed by atoms with van der Waals surface area (Å²) in [5.74, 6) is 0. The monoisotopic (exact) mass is 290 g/mol. The molecule has 0 heterocycles. The lowest BCUT2D eigenvalue weighted by molar-refractivity contribution is -0.498. The molecule has 0 aliphatic carbocycles. The lowest BCUT2D eigenvalue weighted by Crippen LogP contribution is -2.09. The van der Waals surface area contributed by atoms with Crippen molar-refractivity contribution in [3.63, 3.8) is 0 Å². The Kier molecular flexibility index (Phi) is 4.17. The molecule has 0 fully saturated rings. The third-order valence-corrected chi connectivity index (χ3v) is 3.32. The number of nitrogens with zero attached hydrogens (tertiary/aromatic N) is 2. The average molecular weight is 290 g/mol. The van der Waals surface area contributed by atoms with Crippen LogP contribution in [0, 0.1) is 27.2 Å². The van der Waals surface area contributed by atoms with Gasteiger partial charge in [0.2, 0.25) is 13.1 Å². The lowest BCUT2D eigenvalue weighted by atomic mass is 10.0. The summed E-state index contributed by atoms with van der Waals surface area (Å²) >= 11 is 0. The van der Waals surface area contributed by atoms with Crippen molar-refractivity contribution >= 4 is 10.1 Å². The van der Waals surface area contributed by atoms with Crippen molar-refractivity contribution in [1.82, 2.24) is 0 Å². The smallest absolute Gasteiger partial charge is 0.282 e. The summed E-state index contributed by atoms with van der Waals surface area (Å²) in [6.07, 6.45) is 0. The van der Waals surface area contributed by atoms with E-state index >= 15 is 0 Å². The first kappa shape index (κ1) is 15.0. The quantitative estimate of drug-likeness (QED) is 0.480. The van der Waals surface area contributed by atoms with Gasteiger partial charge in [0.05, 0.1) is 4.90 Å². The molecule has 9 nitrogen and oxygen atoms in total. The molecule has 0 amide bonds. The van der Waals surface area contributed by atoms with Crippen molar-refractivity contribution in [1.29, 1.82) is 0 Å². The second-order valence-electron chi connectivity index (χ2n) is 3.82. The maximum atomic E-state index is 11.0. The van der Waals surface area contributed by atoms with E-state index in [1.54, 1.807) is 0 Å². The van der Waals surface area contributed by atoms with E-state index in [0.717, 1.165) is 12.1 Å². The van der Waals surface area contributed by atoms with Crippen LogP contribution >= 0.6 is 0 Å². The van der Waals surface area contributed by atoms with Crippen molar-refractivity contribution in [3.05, 3.63) is 49.1 Å². The van der Waals surface area contributed by atoms with Gasteiger partial charge in [-0.3, -0.25) is 24.8 Å². The van der Waals surface area contributed by atoms with Gasteiger partial charge in [-0.25, -0.2) is 0 Å². The van der Waals surface area contributed by atoms with Crippen molar-refractivity contribution in [3.8, 4) is 0 Å². The van der Waals surface area contributed by atoms with Gasteiger partial charge >= 0.3 is 0 Å². The van der Waals surface area contributed by atoms with Gasteiger partial charge in [-0.1, -0.05) is 0 Å². The van der Waals surface area contributed by atoms with Gasteiger partial charge in [-0.05, 0) is 24.6 Å². The summed E-state index contributed by atoms with van der Waals surface area (Å²) in [6.45, 7) is 0.0608. The zero-order chi connectivity index (χ0) is 14.8. The van der Waals surface area contributed by atoms with Crippen molar-refractivity contribution in [2.24, 2.45) is 0 Å². The van der Waals surface area contributed by atoms with Crippen molar-refractivity contribution in [2.45, 2.75) is 24.9 Å². The van der Waals surface area contributed by atoms with E-state index in [1.807, 2.05) is 0 Å². The van der Waals surface area contributed by atoms with Crippen LogP contribution in [0.5, 0.6) is 0 Å². The summed E-state index contributed by atoms with van der Waals surface area (Å²) < 4.78 is 31.0.